The third kappa shape index (κ3) is 4.82. The summed E-state index contributed by atoms with van der Waals surface area (Å²) in [6.45, 7) is 0. The molecule has 28 heavy (non-hydrogen) atoms. The highest BCUT2D eigenvalue weighted by Gasteiger charge is 2.10. The van der Waals surface area contributed by atoms with Crippen LogP contribution in [0, 0.1) is 0 Å². The summed E-state index contributed by atoms with van der Waals surface area (Å²) in [4.78, 5) is 23.9. The highest BCUT2D eigenvalue weighted by atomic mass is 16.5. The Morgan fingerprint density at radius 1 is 0.786 bits per heavy atom. The number of methoxy groups -OCH3 is 1. The van der Waals surface area contributed by atoms with E-state index in [1.807, 2.05) is 60.7 Å². The average molecular weight is 373 g/mol. The topological polar surface area (TPSA) is 79.8 Å². The normalized spacial score (nSPS) is 9.89. The highest BCUT2D eigenvalue weighted by Crippen LogP contribution is 2.13. The second-order valence-corrected chi connectivity index (χ2v) is 5.83. The van der Waals surface area contributed by atoms with Gasteiger partial charge in [-0.3, -0.25) is 10.1 Å². The fourth-order valence-corrected chi connectivity index (χ4v) is 2.57. The molecule has 0 aliphatic rings. The molecule has 0 aliphatic carbocycles. The van der Waals surface area contributed by atoms with Crippen molar-refractivity contribution >= 4 is 23.4 Å². The lowest BCUT2D eigenvalue weighted by Crippen LogP contribution is -2.21. The molecule has 0 saturated carbocycles. The molecule has 2 N–H and O–H groups in total. The van der Waals surface area contributed by atoms with E-state index in [1.54, 1.807) is 24.3 Å². The van der Waals surface area contributed by atoms with Gasteiger partial charge in [0.2, 0.25) is 0 Å². The van der Waals surface area contributed by atoms with E-state index in [9.17, 15) is 9.59 Å². The van der Waals surface area contributed by atoms with Gasteiger partial charge in [0.25, 0.3) is 5.91 Å². The molecule has 2 amide bonds. The first-order chi connectivity index (χ1) is 13.7. The van der Waals surface area contributed by atoms with Crippen LogP contribution in [-0.2, 0) is 4.74 Å². The third-order valence-electron chi connectivity index (χ3n) is 3.92. The number of anilines is 1. The number of benzene rings is 3. The molecule has 0 atom stereocenters. The molecule has 6 nitrogen and oxygen atoms in total. The summed E-state index contributed by atoms with van der Waals surface area (Å²) in [5.41, 5.74) is 5.83. The van der Waals surface area contributed by atoms with Gasteiger partial charge >= 0.3 is 6.09 Å². The summed E-state index contributed by atoms with van der Waals surface area (Å²) < 4.78 is 4.56. The Kier molecular flexibility index (Phi) is 6.15. The van der Waals surface area contributed by atoms with Crippen LogP contribution in [0.25, 0.3) is 0 Å². The van der Waals surface area contributed by atoms with Crippen LogP contribution in [0.4, 0.5) is 10.5 Å². The smallest absolute Gasteiger partial charge is 0.411 e. The minimum absolute atomic E-state index is 0.359. The number of carbonyl (C=O) groups excluding carboxylic acids is 2. The number of nitrogens with one attached hydrogen (secondary N) is 2. The first-order valence-corrected chi connectivity index (χ1v) is 8.61. The predicted octanol–water partition coefficient (Wildman–Crippen LogP) is 4.05. The van der Waals surface area contributed by atoms with Crippen LogP contribution >= 0.6 is 0 Å². The number of hydrazone groups is 1. The molecule has 3 rings (SSSR count). The lowest BCUT2D eigenvalue weighted by molar-refractivity contribution is 0.0955. The Balaban J connectivity index is 1.84. The molecule has 6 heteroatoms. The molecule has 3 aromatic rings. The first kappa shape index (κ1) is 18.8. The van der Waals surface area contributed by atoms with E-state index < -0.39 is 12.0 Å². The van der Waals surface area contributed by atoms with Crippen LogP contribution in [-0.4, -0.2) is 24.8 Å². The maximum Gasteiger partial charge on any atom is 0.411 e. The molecule has 0 unspecified atom stereocenters. The summed E-state index contributed by atoms with van der Waals surface area (Å²) in [5.74, 6) is -0.391. The maximum atomic E-state index is 12.6. The number of nitrogens with zero attached hydrogens (tertiary/aromatic N) is 1. The molecule has 0 heterocycles. The lowest BCUT2D eigenvalue weighted by Gasteiger charge is -2.09. The zero-order chi connectivity index (χ0) is 19.8. The molecule has 0 radical (unpaired) electrons. The van der Waals surface area contributed by atoms with Gasteiger partial charge < -0.3 is 4.74 Å². The van der Waals surface area contributed by atoms with Crippen LogP contribution in [0.15, 0.2) is 90.0 Å². The molecular formula is C22H19N3O3. The van der Waals surface area contributed by atoms with Gasteiger partial charge in [-0.1, -0.05) is 66.7 Å². The Labute approximate surface area is 162 Å². The molecule has 0 bridgehead atoms. The first-order valence-electron chi connectivity index (χ1n) is 8.61. The van der Waals surface area contributed by atoms with Crippen molar-refractivity contribution < 1.29 is 14.3 Å². The van der Waals surface area contributed by atoms with Crippen LogP contribution < -0.4 is 10.7 Å². The van der Waals surface area contributed by atoms with Gasteiger partial charge in [0.1, 0.15) is 0 Å². The molecule has 140 valence electrons. The Morgan fingerprint density at radius 3 is 1.93 bits per heavy atom. The summed E-state index contributed by atoms with van der Waals surface area (Å²) in [6, 6.07) is 25.7. The summed E-state index contributed by atoms with van der Waals surface area (Å²) in [6.07, 6.45) is -0.606. The van der Waals surface area contributed by atoms with E-state index in [0.717, 1.165) is 11.1 Å². The monoisotopic (exact) mass is 373 g/mol. The van der Waals surface area contributed by atoms with E-state index in [2.05, 4.69) is 20.6 Å². The fraction of sp³-hybridized carbons (Fsp3) is 0.0455. The van der Waals surface area contributed by atoms with Crippen molar-refractivity contribution in [2.45, 2.75) is 0 Å². The minimum atomic E-state index is -0.606. The maximum absolute atomic E-state index is 12.6. The van der Waals surface area contributed by atoms with Gasteiger partial charge in [-0.2, -0.15) is 5.10 Å². The van der Waals surface area contributed by atoms with Crippen molar-refractivity contribution in [2.75, 3.05) is 12.4 Å². The van der Waals surface area contributed by atoms with Gasteiger partial charge in [-0.25, -0.2) is 10.2 Å². The molecule has 0 saturated heterocycles. The van der Waals surface area contributed by atoms with E-state index in [0.29, 0.717) is 17.0 Å². The zero-order valence-electron chi connectivity index (χ0n) is 15.3. The summed E-state index contributed by atoms with van der Waals surface area (Å²) in [7, 11) is 1.27. The number of carbonyl (C=O) groups is 2. The minimum Gasteiger partial charge on any atom is -0.453 e. The third-order valence-corrected chi connectivity index (χ3v) is 3.92. The van der Waals surface area contributed by atoms with Crippen molar-refractivity contribution in [1.29, 1.82) is 0 Å². The standard InChI is InChI=1S/C22H19N3O3/c1-28-22(27)23-19-14-8-13-18(15-19)21(26)25-24-20(16-9-4-2-5-10-16)17-11-6-3-7-12-17/h2-15H,1H3,(H,23,27)(H,25,26). The molecule has 0 aliphatic heterocycles. The lowest BCUT2D eigenvalue weighted by atomic mass is 10.0. The number of hydrogen-bond donors (Lipinski definition) is 2. The number of ether oxygens (including phenoxy) is 1. The van der Waals surface area contributed by atoms with Crippen LogP contribution in [0.5, 0.6) is 0 Å². The molecule has 0 aromatic heterocycles. The molecule has 3 aromatic carbocycles. The largest absolute Gasteiger partial charge is 0.453 e. The average Bonchev–Trinajstić information content (AvgIpc) is 2.75. The van der Waals surface area contributed by atoms with Crippen molar-refractivity contribution in [3.05, 3.63) is 102 Å². The number of rotatable bonds is 5. The molecule has 0 spiro atoms. The van der Waals surface area contributed by atoms with E-state index in [1.165, 1.54) is 7.11 Å². The zero-order valence-corrected chi connectivity index (χ0v) is 15.3. The Hall–Kier alpha value is -3.93. The van der Waals surface area contributed by atoms with Gasteiger partial charge in [-0.15, -0.1) is 0 Å². The van der Waals surface area contributed by atoms with Crippen LogP contribution in [0.2, 0.25) is 0 Å². The second-order valence-electron chi connectivity index (χ2n) is 5.83. The van der Waals surface area contributed by atoms with E-state index in [4.69, 9.17) is 0 Å². The van der Waals surface area contributed by atoms with Gasteiger partial charge in [0.05, 0.1) is 12.8 Å². The van der Waals surface area contributed by atoms with Crippen molar-refractivity contribution in [3.63, 3.8) is 0 Å². The fourth-order valence-electron chi connectivity index (χ4n) is 2.57. The Morgan fingerprint density at radius 2 is 1.36 bits per heavy atom. The van der Waals surface area contributed by atoms with Gasteiger partial charge in [0, 0.05) is 22.4 Å². The molecule has 0 fully saturated rings. The summed E-state index contributed by atoms with van der Waals surface area (Å²) in [5, 5.41) is 6.88. The van der Waals surface area contributed by atoms with E-state index in [-0.39, 0.29) is 0 Å². The highest BCUT2D eigenvalue weighted by molar-refractivity contribution is 6.13. The van der Waals surface area contributed by atoms with Crippen LogP contribution in [0.3, 0.4) is 0 Å². The van der Waals surface area contributed by atoms with E-state index >= 15 is 0 Å². The van der Waals surface area contributed by atoms with Gasteiger partial charge in [0.15, 0.2) is 0 Å². The SMILES string of the molecule is COC(=O)Nc1cccc(C(=O)NN=C(c2ccccc2)c2ccccc2)c1. The Bertz CT molecular complexity index is 945. The number of hydrogen-bond acceptors (Lipinski definition) is 4. The summed E-state index contributed by atoms with van der Waals surface area (Å²) >= 11 is 0. The predicted molar refractivity (Wildman–Crippen MR) is 108 cm³/mol. The quantitative estimate of drug-likeness (QED) is 0.523. The second kappa shape index (κ2) is 9.14. The van der Waals surface area contributed by atoms with Crippen molar-refractivity contribution in [2.24, 2.45) is 5.10 Å². The van der Waals surface area contributed by atoms with Crippen LogP contribution in [0.1, 0.15) is 21.5 Å². The van der Waals surface area contributed by atoms with Gasteiger partial charge in [-0.05, 0) is 18.2 Å². The molecular weight excluding hydrogens is 354 g/mol. The van der Waals surface area contributed by atoms with Crippen molar-refractivity contribution in [1.82, 2.24) is 5.43 Å². The van der Waals surface area contributed by atoms with Crippen molar-refractivity contribution in [3.8, 4) is 0 Å². The number of amides is 2.